The number of rotatable bonds is 1. The number of pyridine rings is 1. The van der Waals surface area contributed by atoms with Crippen LogP contribution in [0.25, 0.3) is 0 Å². The van der Waals surface area contributed by atoms with E-state index in [2.05, 4.69) is 10.1 Å². The monoisotopic (exact) mass is 210 g/mol. The van der Waals surface area contributed by atoms with Crippen molar-refractivity contribution in [2.75, 3.05) is 0 Å². The van der Waals surface area contributed by atoms with Crippen molar-refractivity contribution >= 4 is 21.6 Å². The van der Waals surface area contributed by atoms with E-state index in [1.54, 1.807) is 0 Å². The summed E-state index contributed by atoms with van der Waals surface area (Å²) in [6, 6.07) is 2.01. The molecule has 0 saturated heterocycles. The quantitative estimate of drug-likeness (QED) is 0.687. The van der Waals surface area contributed by atoms with Crippen molar-refractivity contribution in [2.45, 2.75) is 5.03 Å². The Morgan fingerprint density at radius 2 is 2.08 bits per heavy atom. The van der Waals surface area contributed by atoms with Crippen LogP contribution in [0.15, 0.2) is 17.2 Å². The smallest absolute Gasteiger partial charge is 0.223 e. The summed E-state index contributed by atoms with van der Waals surface area (Å²) in [4.78, 5) is 3.22. The number of nitrogens with two attached hydrogens (primary N) is 1. The first-order chi connectivity index (χ1) is 5.41. The Hall–Kier alpha value is -0.720. The zero-order valence-electron chi connectivity index (χ0n) is 5.66. The predicted molar refractivity (Wildman–Crippen MR) is 40.6 cm³/mol. The van der Waals surface area contributed by atoms with Crippen molar-refractivity contribution < 1.29 is 12.8 Å². The minimum absolute atomic E-state index is 0.125. The lowest BCUT2D eigenvalue weighted by molar-refractivity contribution is 0.554. The summed E-state index contributed by atoms with van der Waals surface area (Å²) >= 11 is 5.33. The lowest BCUT2D eigenvalue weighted by Crippen LogP contribution is -2.15. The van der Waals surface area contributed by atoms with E-state index >= 15 is 0 Å². The zero-order valence-corrected chi connectivity index (χ0v) is 7.23. The van der Waals surface area contributed by atoms with Crippen LogP contribution in [0.3, 0.4) is 0 Å². The molecule has 0 fully saturated rings. The molecule has 1 heterocycles. The zero-order chi connectivity index (χ0) is 9.35. The van der Waals surface area contributed by atoms with Gasteiger partial charge in [-0.1, -0.05) is 11.6 Å². The number of halogens is 2. The Balaban J connectivity index is 3.43. The SMILES string of the molecule is NS(=O)(=O)c1nc(Cl)ccc1F. The number of sulfonamides is 1. The summed E-state index contributed by atoms with van der Waals surface area (Å²) < 4.78 is 33.9. The van der Waals surface area contributed by atoms with E-state index in [0.717, 1.165) is 12.1 Å². The number of aromatic nitrogens is 1. The Morgan fingerprint density at radius 3 is 2.50 bits per heavy atom. The molecule has 4 nitrogen and oxygen atoms in total. The first-order valence-electron chi connectivity index (χ1n) is 2.76. The summed E-state index contributed by atoms with van der Waals surface area (Å²) in [5, 5.41) is 3.67. The van der Waals surface area contributed by atoms with Crippen molar-refractivity contribution in [1.82, 2.24) is 4.98 Å². The van der Waals surface area contributed by atoms with E-state index in [0.29, 0.717) is 0 Å². The van der Waals surface area contributed by atoms with Crippen LogP contribution < -0.4 is 5.14 Å². The molecule has 0 aromatic carbocycles. The van der Waals surface area contributed by atoms with Crippen LogP contribution in [0.2, 0.25) is 5.15 Å². The molecule has 66 valence electrons. The number of hydrogen-bond donors (Lipinski definition) is 1. The second-order valence-electron chi connectivity index (χ2n) is 1.97. The Labute approximate surface area is 73.2 Å². The fourth-order valence-corrected chi connectivity index (χ4v) is 1.36. The van der Waals surface area contributed by atoms with E-state index in [4.69, 9.17) is 11.6 Å². The summed E-state index contributed by atoms with van der Waals surface area (Å²) in [5.74, 6) is -1.01. The fraction of sp³-hybridized carbons (Fsp3) is 0. The summed E-state index contributed by atoms with van der Waals surface area (Å²) in [6.45, 7) is 0. The minimum atomic E-state index is -4.13. The maximum atomic E-state index is 12.7. The van der Waals surface area contributed by atoms with Crippen LogP contribution in [0.4, 0.5) is 4.39 Å². The summed E-state index contributed by atoms with van der Waals surface area (Å²) in [5.41, 5.74) is 0. The van der Waals surface area contributed by atoms with Gasteiger partial charge in [-0.2, -0.15) is 0 Å². The highest BCUT2D eigenvalue weighted by molar-refractivity contribution is 7.89. The van der Waals surface area contributed by atoms with Crippen LogP contribution in [-0.2, 0) is 10.0 Å². The molecule has 0 atom stereocenters. The van der Waals surface area contributed by atoms with E-state index in [9.17, 15) is 12.8 Å². The molecule has 2 N–H and O–H groups in total. The van der Waals surface area contributed by atoms with E-state index < -0.39 is 20.9 Å². The largest absolute Gasteiger partial charge is 0.258 e. The van der Waals surface area contributed by atoms with Gasteiger partial charge < -0.3 is 0 Å². The van der Waals surface area contributed by atoms with Crippen molar-refractivity contribution in [3.63, 3.8) is 0 Å². The van der Waals surface area contributed by atoms with Crippen molar-refractivity contribution in [2.24, 2.45) is 5.14 Å². The fourth-order valence-electron chi connectivity index (χ4n) is 0.600. The molecule has 7 heteroatoms. The maximum Gasteiger partial charge on any atom is 0.258 e. The highest BCUT2D eigenvalue weighted by Crippen LogP contribution is 2.13. The Bertz CT molecular complexity index is 406. The first-order valence-corrected chi connectivity index (χ1v) is 4.68. The third-order valence-electron chi connectivity index (χ3n) is 1.05. The molecule has 0 bridgehead atoms. The molecule has 0 spiro atoms. The van der Waals surface area contributed by atoms with Crippen LogP contribution in [0.1, 0.15) is 0 Å². The number of nitrogens with zero attached hydrogens (tertiary/aromatic N) is 1. The molecule has 0 aliphatic rings. The second-order valence-corrected chi connectivity index (χ2v) is 3.83. The third kappa shape index (κ3) is 1.90. The van der Waals surface area contributed by atoms with Gasteiger partial charge >= 0.3 is 0 Å². The molecule has 12 heavy (non-hydrogen) atoms. The normalized spacial score (nSPS) is 11.6. The van der Waals surface area contributed by atoms with Gasteiger partial charge in [-0.05, 0) is 12.1 Å². The molecule has 0 saturated carbocycles. The molecular formula is C5H4ClFN2O2S. The average molecular weight is 211 g/mol. The Kier molecular flexibility index (Phi) is 2.31. The molecule has 0 aliphatic carbocycles. The van der Waals surface area contributed by atoms with Gasteiger partial charge in [-0.25, -0.2) is 22.9 Å². The molecular weight excluding hydrogens is 207 g/mol. The van der Waals surface area contributed by atoms with Crippen LogP contribution in [0.5, 0.6) is 0 Å². The molecule has 1 aromatic heterocycles. The summed E-state index contributed by atoms with van der Waals surface area (Å²) in [6.07, 6.45) is 0. The van der Waals surface area contributed by atoms with E-state index in [1.807, 2.05) is 0 Å². The van der Waals surface area contributed by atoms with Crippen molar-refractivity contribution in [3.05, 3.63) is 23.1 Å². The molecule has 1 aromatic rings. The van der Waals surface area contributed by atoms with Crippen LogP contribution in [0, 0.1) is 5.82 Å². The van der Waals surface area contributed by atoms with Gasteiger partial charge in [0, 0.05) is 0 Å². The van der Waals surface area contributed by atoms with Gasteiger partial charge in [0.15, 0.2) is 5.82 Å². The van der Waals surface area contributed by atoms with E-state index in [-0.39, 0.29) is 5.15 Å². The van der Waals surface area contributed by atoms with Gasteiger partial charge in [-0.3, -0.25) is 0 Å². The standard InChI is InChI=1S/C5H4ClFN2O2S/c6-4-2-1-3(7)5(9-4)12(8,10)11/h1-2H,(H2,8,10,11). The van der Waals surface area contributed by atoms with Crippen LogP contribution in [-0.4, -0.2) is 13.4 Å². The van der Waals surface area contributed by atoms with Gasteiger partial charge in [-0.15, -0.1) is 0 Å². The maximum absolute atomic E-state index is 12.7. The average Bonchev–Trinajstić information content (AvgIpc) is 1.92. The topological polar surface area (TPSA) is 73.1 Å². The second kappa shape index (κ2) is 2.96. The molecule has 0 aliphatic heterocycles. The molecule has 0 radical (unpaired) electrons. The molecule has 1 rings (SSSR count). The highest BCUT2D eigenvalue weighted by atomic mass is 35.5. The number of hydrogen-bond acceptors (Lipinski definition) is 3. The van der Waals surface area contributed by atoms with Gasteiger partial charge in [0.2, 0.25) is 5.03 Å². The van der Waals surface area contributed by atoms with Gasteiger partial charge in [0.05, 0.1) is 0 Å². The van der Waals surface area contributed by atoms with E-state index in [1.165, 1.54) is 0 Å². The third-order valence-corrected chi connectivity index (χ3v) is 2.09. The van der Waals surface area contributed by atoms with Crippen molar-refractivity contribution in [1.29, 1.82) is 0 Å². The van der Waals surface area contributed by atoms with Crippen molar-refractivity contribution in [3.8, 4) is 0 Å². The lowest BCUT2D eigenvalue weighted by Gasteiger charge is -1.98. The van der Waals surface area contributed by atoms with Crippen LogP contribution >= 0.6 is 11.6 Å². The first kappa shape index (κ1) is 9.37. The number of primary sulfonamides is 1. The minimum Gasteiger partial charge on any atom is -0.223 e. The summed E-state index contributed by atoms with van der Waals surface area (Å²) in [7, 11) is -4.13. The van der Waals surface area contributed by atoms with Gasteiger partial charge in [0.25, 0.3) is 10.0 Å². The Morgan fingerprint density at radius 1 is 1.50 bits per heavy atom. The predicted octanol–water partition coefficient (Wildman–Crippen LogP) is 0.522. The van der Waals surface area contributed by atoms with Gasteiger partial charge in [0.1, 0.15) is 5.15 Å². The molecule has 0 amide bonds. The molecule has 0 unspecified atom stereocenters. The lowest BCUT2D eigenvalue weighted by atomic mass is 10.5. The highest BCUT2D eigenvalue weighted by Gasteiger charge is 2.16.